The standard InChI is InChI=1S/C29H28ClNO5/c1-18(2)17-36-23-9-6-8-20(15-23)27(32)25-26(19-11-13-22(30)14-12-19)31(29(34)28(25)33)16-21-7-4-5-10-24(21)35-3/h4-15,18,26,32H,16-17H2,1-3H3/b27-25-. The SMILES string of the molecule is COc1ccccc1CN1C(=O)C(=O)/C(=C(\O)c2cccc(OCC(C)C)c2)C1c1ccc(Cl)cc1. The van der Waals surface area contributed by atoms with Gasteiger partial charge >= 0.3 is 0 Å². The Balaban J connectivity index is 1.81. The average Bonchev–Trinajstić information content (AvgIpc) is 3.13. The maximum Gasteiger partial charge on any atom is 0.295 e. The topological polar surface area (TPSA) is 76.1 Å². The van der Waals surface area contributed by atoms with Gasteiger partial charge in [0.1, 0.15) is 17.3 Å². The van der Waals surface area contributed by atoms with E-state index in [1.807, 2.05) is 32.0 Å². The van der Waals surface area contributed by atoms with E-state index in [1.165, 1.54) is 4.90 Å². The number of carbonyl (C=O) groups excluding carboxylic acids is 2. The van der Waals surface area contributed by atoms with Crippen molar-refractivity contribution in [1.29, 1.82) is 0 Å². The van der Waals surface area contributed by atoms with Gasteiger partial charge in [-0.05, 0) is 41.8 Å². The van der Waals surface area contributed by atoms with Crippen LogP contribution in [-0.2, 0) is 16.1 Å². The monoisotopic (exact) mass is 505 g/mol. The van der Waals surface area contributed by atoms with Crippen LogP contribution < -0.4 is 9.47 Å². The highest BCUT2D eigenvalue weighted by molar-refractivity contribution is 6.46. The zero-order chi connectivity index (χ0) is 25.8. The Kier molecular flexibility index (Phi) is 7.65. The minimum atomic E-state index is -0.813. The van der Waals surface area contributed by atoms with Crippen molar-refractivity contribution in [3.8, 4) is 11.5 Å². The number of hydrogen-bond donors (Lipinski definition) is 1. The van der Waals surface area contributed by atoms with Crippen molar-refractivity contribution >= 4 is 29.1 Å². The first kappa shape index (κ1) is 25.3. The normalized spacial score (nSPS) is 17.0. The van der Waals surface area contributed by atoms with Crippen LogP contribution in [0.2, 0.25) is 5.02 Å². The van der Waals surface area contributed by atoms with Crippen LogP contribution in [0, 0.1) is 5.92 Å². The lowest BCUT2D eigenvalue weighted by Crippen LogP contribution is -2.29. The number of aliphatic hydroxyl groups excluding tert-OH is 1. The van der Waals surface area contributed by atoms with Gasteiger partial charge in [0.05, 0.1) is 31.9 Å². The van der Waals surface area contributed by atoms with Gasteiger partial charge in [0.2, 0.25) is 0 Å². The number of hydrogen-bond acceptors (Lipinski definition) is 5. The molecule has 1 atom stereocenters. The van der Waals surface area contributed by atoms with Gasteiger partial charge in [0, 0.05) is 16.1 Å². The van der Waals surface area contributed by atoms with Crippen molar-refractivity contribution in [2.45, 2.75) is 26.4 Å². The summed E-state index contributed by atoms with van der Waals surface area (Å²) in [5.74, 6) is -0.216. The molecule has 6 nitrogen and oxygen atoms in total. The molecule has 36 heavy (non-hydrogen) atoms. The molecule has 3 aromatic rings. The zero-order valence-corrected chi connectivity index (χ0v) is 21.2. The molecule has 1 saturated heterocycles. The minimum Gasteiger partial charge on any atom is -0.507 e. The predicted octanol–water partition coefficient (Wildman–Crippen LogP) is 6.01. The van der Waals surface area contributed by atoms with E-state index in [9.17, 15) is 14.7 Å². The molecule has 7 heteroatoms. The number of para-hydroxylation sites is 1. The van der Waals surface area contributed by atoms with Gasteiger partial charge in [0.15, 0.2) is 0 Å². The number of Topliss-reactive ketones (excluding diaryl/α,β-unsaturated/α-hetero) is 1. The molecule has 0 spiro atoms. The second-order valence-electron chi connectivity index (χ2n) is 9.02. The average molecular weight is 506 g/mol. The van der Waals surface area contributed by atoms with Crippen molar-refractivity contribution < 1.29 is 24.2 Å². The molecule has 4 rings (SSSR count). The molecule has 0 radical (unpaired) electrons. The third kappa shape index (κ3) is 5.24. The van der Waals surface area contributed by atoms with E-state index < -0.39 is 17.7 Å². The molecule has 1 unspecified atom stereocenters. The molecule has 1 aliphatic heterocycles. The van der Waals surface area contributed by atoms with E-state index in [4.69, 9.17) is 21.1 Å². The van der Waals surface area contributed by atoms with Gasteiger partial charge in [-0.15, -0.1) is 0 Å². The summed E-state index contributed by atoms with van der Waals surface area (Å²) >= 11 is 6.11. The van der Waals surface area contributed by atoms with Crippen molar-refractivity contribution in [1.82, 2.24) is 4.90 Å². The second kappa shape index (κ2) is 10.9. The van der Waals surface area contributed by atoms with Crippen LogP contribution in [0.5, 0.6) is 11.5 Å². The maximum atomic E-state index is 13.3. The van der Waals surface area contributed by atoms with E-state index in [2.05, 4.69) is 0 Å². The first-order valence-corrected chi connectivity index (χ1v) is 12.1. The summed E-state index contributed by atoms with van der Waals surface area (Å²) in [5, 5.41) is 11.9. The number of aliphatic hydroxyl groups is 1. The van der Waals surface area contributed by atoms with E-state index >= 15 is 0 Å². The van der Waals surface area contributed by atoms with Crippen LogP contribution in [0.1, 0.15) is 36.6 Å². The Hall–Kier alpha value is -3.77. The number of ether oxygens (including phenoxy) is 2. The number of rotatable bonds is 8. The summed E-state index contributed by atoms with van der Waals surface area (Å²) in [4.78, 5) is 28.1. The van der Waals surface area contributed by atoms with Gasteiger partial charge in [-0.2, -0.15) is 0 Å². The molecular weight excluding hydrogens is 478 g/mol. The van der Waals surface area contributed by atoms with Crippen LogP contribution in [0.3, 0.4) is 0 Å². The number of amides is 1. The first-order chi connectivity index (χ1) is 17.3. The number of ketones is 1. The molecular formula is C29H28ClNO5. The summed E-state index contributed by atoms with van der Waals surface area (Å²) in [6.45, 7) is 4.72. The Labute approximate surface area is 215 Å². The molecule has 1 N–H and O–H groups in total. The number of methoxy groups -OCH3 is 1. The predicted molar refractivity (Wildman–Crippen MR) is 139 cm³/mol. The molecule has 1 amide bonds. The number of benzene rings is 3. The Morgan fingerprint density at radius 1 is 1.03 bits per heavy atom. The third-order valence-corrected chi connectivity index (χ3v) is 6.20. The fraction of sp³-hybridized carbons (Fsp3) is 0.241. The van der Waals surface area contributed by atoms with Crippen molar-refractivity contribution in [3.63, 3.8) is 0 Å². The highest BCUT2D eigenvalue weighted by Crippen LogP contribution is 2.41. The molecule has 1 aliphatic rings. The quantitative estimate of drug-likeness (QED) is 0.231. The third-order valence-electron chi connectivity index (χ3n) is 5.95. The largest absolute Gasteiger partial charge is 0.507 e. The summed E-state index contributed by atoms with van der Waals surface area (Å²) in [7, 11) is 1.55. The van der Waals surface area contributed by atoms with E-state index in [1.54, 1.807) is 61.7 Å². The molecule has 1 heterocycles. The second-order valence-corrected chi connectivity index (χ2v) is 9.46. The minimum absolute atomic E-state index is 0.0122. The molecule has 0 saturated carbocycles. The highest BCUT2D eigenvalue weighted by Gasteiger charge is 2.46. The lowest BCUT2D eigenvalue weighted by molar-refractivity contribution is -0.140. The van der Waals surface area contributed by atoms with Crippen LogP contribution >= 0.6 is 11.6 Å². The van der Waals surface area contributed by atoms with Gasteiger partial charge < -0.3 is 19.5 Å². The fourth-order valence-corrected chi connectivity index (χ4v) is 4.33. The van der Waals surface area contributed by atoms with Gasteiger partial charge in [-0.1, -0.05) is 67.9 Å². The van der Waals surface area contributed by atoms with Crippen LogP contribution in [0.25, 0.3) is 5.76 Å². The smallest absolute Gasteiger partial charge is 0.295 e. The van der Waals surface area contributed by atoms with Crippen LogP contribution in [0.4, 0.5) is 0 Å². The summed E-state index contributed by atoms with van der Waals surface area (Å²) < 4.78 is 11.2. The molecule has 3 aromatic carbocycles. The Morgan fingerprint density at radius 2 is 1.75 bits per heavy atom. The van der Waals surface area contributed by atoms with E-state index in [-0.39, 0.29) is 17.9 Å². The summed E-state index contributed by atoms with van der Waals surface area (Å²) in [5.41, 5.74) is 1.80. The lowest BCUT2D eigenvalue weighted by Gasteiger charge is -2.26. The van der Waals surface area contributed by atoms with Gasteiger partial charge in [-0.3, -0.25) is 9.59 Å². The Morgan fingerprint density at radius 3 is 2.44 bits per heavy atom. The molecule has 0 aliphatic carbocycles. The maximum absolute atomic E-state index is 13.3. The van der Waals surface area contributed by atoms with E-state index in [0.29, 0.717) is 40.2 Å². The number of likely N-dealkylation sites (tertiary alicyclic amines) is 1. The summed E-state index contributed by atoms with van der Waals surface area (Å²) in [6.07, 6.45) is 0. The molecule has 0 aromatic heterocycles. The Bertz CT molecular complexity index is 1300. The number of nitrogens with zero attached hydrogens (tertiary/aromatic N) is 1. The van der Waals surface area contributed by atoms with Gasteiger partial charge in [0.25, 0.3) is 11.7 Å². The highest BCUT2D eigenvalue weighted by atomic mass is 35.5. The molecule has 1 fully saturated rings. The molecule has 0 bridgehead atoms. The van der Waals surface area contributed by atoms with Crippen LogP contribution in [0.15, 0.2) is 78.4 Å². The lowest BCUT2D eigenvalue weighted by atomic mass is 9.95. The van der Waals surface area contributed by atoms with Gasteiger partial charge in [-0.25, -0.2) is 0 Å². The van der Waals surface area contributed by atoms with Crippen molar-refractivity contribution in [2.24, 2.45) is 5.92 Å². The van der Waals surface area contributed by atoms with Crippen molar-refractivity contribution in [3.05, 3.63) is 100 Å². The molecule has 186 valence electrons. The summed E-state index contributed by atoms with van der Waals surface area (Å²) in [6, 6.07) is 20.3. The van der Waals surface area contributed by atoms with E-state index in [0.717, 1.165) is 5.56 Å². The fourth-order valence-electron chi connectivity index (χ4n) is 4.20. The zero-order valence-electron chi connectivity index (χ0n) is 20.4. The van der Waals surface area contributed by atoms with Crippen LogP contribution in [-0.4, -0.2) is 35.4 Å². The van der Waals surface area contributed by atoms with Crippen molar-refractivity contribution in [2.75, 3.05) is 13.7 Å². The number of halogens is 1. The number of carbonyl (C=O) groups is 2. The first-order valence-electron chi connectivity index (χ1n) is 11.7.